The molecule has 4 N–H and O–H groups in total. The molecule has 2 aromatic rings. The molecule has 0 unspecified atom stereocenters. The lowest BCUT2D eigenvalue weighted by molar-refractivity contribution is 0.174. The normalized spacial score (nSPS) is 20.9. The van der Waals surface area contributed by atoms with Gasteiger partial charge in [0.25, 0.3) is 0 Å². The lowest BCUT2D eigenvalue weighted by atomic mass is 9.87. The van der Waals surface area contributed by atoms with Crippen LogP contribution in [0, 0.1) is 12.8 Å². The van der Waals surface area contributed by atoms with Crippen molar-refractivity contribution in [3.8, 4) is 0 Å². The molecule has 1 heterocycles. The first-order valence-electron chi connectivity index (χ1n) is 8.88. The first-order valence-corrected chi connectivity index (χ1v) is 8.88. The number of para-hydroxylation sites is 1. The summed E-state index contributed by atoms with van der Waals surface area (Å²) in [6, 6.07) is 6.44. The smallest absolute Gasteiger partial charge is 0.315 e. The van der Waals surface area contributed by atoms with E-state index in [4.69, 9.17) is 5.11 Å². The van der Waals surface area contributed by atoms with Gasteiger partial charge in [-0.1, -0.05) is 18.2 Å². The maximum Gasteiger partial charge on any atom is 0.315 e. The van der Waals surface area contributed by atoms with E-state index in [1.165, 1.54) is 22.0 Å². The average molecular weight is 329 g/mol. The van der Waals surface area contributed by atoms with Crippen LogP contribution in [0.1, 0.15) is 36.8 Å². The van der Waals surface area contributed by atoms with Crippen LogP contribution in [0.2, 0.25) is 0 Å². The molecule has 0 spiro atoms. The van der Waals surface area contributed by atoms with Crippen molar-refractivity contribution >= 4 is 16.9 Å². The topological polar surface area (TPSA) is 77.2 Å². The number of benzene rings is 1. The fraction of sp³-hybridized carbons (Fsp3) is 0.526. The maximum atomic E-state index is 12.0. The Labute approximate surface area is 142 Å². The minimum atomic E-state index is -0.0847. The van der Waals surface area contributed by atoms with Gasteiger partial charge in [0.1, 0.15) is 0 Å². The van der Waals surface area contributed by atoms with Crippen molar-refractivity contribution in [2.24, 2.45) is 5.92 Å². The predicted octanol–water partition coefficient (Wildman–Crippen LogP) is 2.87. The van der Waals surface area contributed by atoms with E-state index < -0.39 is 0 Å². The van der Waals surface area contributed by atoms with Crippen LogP contribution in [0.4, 0.5) is 4.79 Å². The van der Waals surface area contributed by atoms with Crippen LogP contribution in [-0.2, 0) is 6.42 Å². The van der Waals surface area contributed by atoms with Crippen molar-refractivity contribution in [3.63, 3.8) is 0 Å². The number of H-pyrrole nitrogens is 1. The number of nitrogens with one attached hydrogen (secondary N) is 3. The molecule has 24 heavy (non-hydrogen) atoms. The highest BCUT2D eigenvalue weighted by atomic mass is 16.3. The van der Waals surface area contributed by atoms with Gasteiger partial charge < -0.3 is 20.7 Å². The van der Waals surface area contributed by atoms with Crippen molar-refractivity contribution in [2.45, 2.75) is 45.1 Å². The van der Waals surface area contributed by atoms with Gasteiger partial charge >= 0.3 is 6.03 Å². The Morgan fingerprint density at radius 1 is 1.29 bits per heavy atom. The highest BCUT2D eigenvalue weighted by molar-refractivity contribution is 5.85. The number of carbonyl (C=O) groups excluding carboxylic acids is 1. The number of hydrogen-bond acceptors (Lipinski definition) is 2. The molecule has 0 bridgehead atoms. The molecule has 0 saturated heterocycles. The second kappa shape index (κ2) is 7.71. The number of aliphatic hydroxyl groups excluding tert-OH is 1. The van der Waals surface area contributed by atoms with E-state index in [0.29, 0.717) is 12.5 Å². The van der Waals surface area contributed by atoms with Gasteiger partial charge in [-0.2, -0.15) is 0 Å². The van der Waals surface area contributed by atoms with Gasteiger partial charge in [-0.15, -0.1) is 0 Å². The molecule has 1 saturated carbocycles. The zero-order valence-corrected chi connectivity index (χ0v) is 14.3. The molecule has 0 aliphatic heterocycles. The predicted molar refractivity (Wildman–Crippen MR) is 96.1 cm³/mol. The molecule has 130 valence electrons. The molecule has 0 atom stereocenters. The molecule has 5 nitrogen and oxygen atoms in total. The number of amides is 2. The standard InChI is InChI=1S/C19H27N3O2/c1-13-3-2-4-17-15(11-21-18(13)17)9-10-20-19(24)22-16-7-5-14(12-23)6-8-16/h2-4,11,14,16,21,23H,5-10,12H2,1H3,(H2,20,22,24). The molecule has 1 aromatic heterocycles. The zero-order chi connectivity index (χ0) is 16.9. The number of hydrogen-bond donors (Lipinski definition) is 4. The van der Waals surface area contributed by atoms with Gasteiger partial charge in [0.2, 0.25) is 0 Å². The third-order valence-electron chi connectivity index (χ3n) is 5.13. The van der Waals surface area contributed by atoms with E-state index in [2.05, 4.69) is 40.7 Å². The summed E-state index contributed by atoms with van der Waals surface area (Å²) in [4.78, 5) is 15.4. The maximum absolute atomic E-state index is 12.0. The number of carbonyl (C=O) groups is 1. The van der Waals surface area contributed by atoms with Crippen molar-refractivity contribution in [2.75, 3.05) is 13.2 Å². The molecule has 5 heteroatoms. The second-order valence-electron chi connectivity index (χ2n) is 6.86. The van der Waals surface area contributed by atoms with Crippen LogP contribution in [-0.4, -0.2) is 35.3 Å². The minimum Gasteiger partial charge on any atom is -0.396 e. The summed E-state index contributed by atoms with van der Waals surface area (Å²) >= 11 is 0. The summed E-state index contributed by atoms with van der Waals surface area (Å²) in [5, 5.41) is 16.4. The van der Waals surface area contributed by atoms with Crippen molar-refractivity contribution in [1.29, 1.82) is 0 Å². The average Bonchev–Trinajstić information content (AvgIpc) is 3.00. The Hall–Kier alpha value is -2.01. The van der Waals surface area contributed by atoms with Crippen LogP contribution in [0.15, 0.2) is 24.4 Å². The van der Waals surface area contributed by atoms with Gasteiger partial charge in [0, 0.05) is 36.3 Å². The minimum absolute atomic E-state index is 0.0847. The first-order chi connectivity index (χ1) is 11.7. The highest BCUT2D eigenvalue weighted by Gasteiger charge is 2.21. The molecular weight excluding hydrogens is 302 g/mol. The van der Waals surface area contributed by atoms with Gasteiger partial charge in [0.15, 0.2) is 0 Å². The van der Waals surface area contributed by atoms with E-state index in [1.807, 2.05) is 6.20 Å². The largest absolute Gasteiger partial charge is 0.396 e. The van der Waals surface area contributed by atoms with Crippen LogP contribution in [0.3, 0.4) is 0 Å². The third-order valence-corrected chi connectivity index (χ3v) is 5.13. The molecular formula is C19H27N3O2. The zero-order valence-electron chi connectivity index (χ0n) is 14.3. The SMILES string of the molecule is Cc1cccc2c(CCNC(=O)NC3CCC(CO)CC3)c[nH]c12. The summed E-state index contributed by atoms with van der Waals surface area (Å²) in [7, 11) is 0. The number of aromatic nitrogens is 1. The number of fused-ring (bicyclic) bond motifs is 1. The second-order valence-corrected chi connectivity index (χ2v) is 6.86. The summed E-state index contributed by atoms with van der Waals surface area (Å²) in [6.07, 6.45) is 6.76. The summed E-state index contributed by atoms with van der Waals surface area (Å²) in [5.74, 6) is 0.413. The monoisotopic (exact) mass is 329 g/mol. The molecule has 1 fully saturated rings. The Bertz CT molecular complexity index is 687. The van der Waals surface area contributed by atoms with E-state index >= 15 is 0 Å². The van der Waals surface area contributed by atoms with E-state index in [0.717, 1.165) is 32.1 Å². The summed E-state index contributed by atoms with van der Waals surface area (Å²) < 4.78 is 0. The first kappa shape index (κ1) is 16.8. The lowest BCUT2D eigenvalue weighted by Crippen LogP contribution is -2.44. The van der Waals surface area contributed by atoms with E-state index in [-0.39, 0.29) is 18.7 Å². The Morgan fingerprint density at radius 2 is 2.08 bits per heavy atom. The van der Waals surface area contributed by atoms with Gasteiger partial charge in [-0.25, -0.2) is 4.79 Å². The molecule has 1 aromatic carbocycles. The van der Waals surface area contributed by atoms with E-state index in [9.17, 15) is 4.79 Å². The summed E-state index contributed by atoms with van der Waals surface area (Å²) in [6.45, 7) is 2.99. The van der Waals surface area contributed by atoms with Gasteiger partial charge in [0.05, 0.1) is 0 Å². The fourth-order valence-electron chi connectivity index (χ4n) is 3.61. The van der Waals surface area contributed by atoms with E-state index in [1.54, 1.807) is 0 Å². The number of rotatable bonds is 5. The molecule has 3 rings (SSSR count). The molecule has 2 amide bonds. The Balaban J connectivity index is 1.44. The van der Waals surface area contributed by atoms with Crippen molar-refractivity contribution in [3.05, 3.63) is 35.5 Å². The quantitative estimate of drug-likeness (QED) is 0.681. The van der Waals surface area contributed by atoms with Crippen LogP contribution in [0.25, 0.3) is 10.9 Å². The van der Waals surface area contributed by atoms with Gasteiger partial charge in [-0.3, -0.25) is 0 Å². The molecule has 1 aliphatic carbocycles. The van der Waals surface area contributed by atoms with Crippen LogP contribution in [0.5, 0.6) is 0 Å². The number of aliphatic hydroxyl groups is 1. The Morgan fingerprint density at radius 3 is 2.83 bits per heavy atom. The number of aryl methyl sites for hydroxylation is 1. The highest BCUT2D eigenvalue weighted by Crippen LogP contribution is 2.23. The van der Waals surface area contributed by atoms with Crippen LogP contribution >= 0.6 is 0 Å². The van der Waals surface area contributed by atoms with Gasteiger partial charge in [-0.05, 0) is 56.1 Å². The Kier molecular flexibility index (Phi) is 5.41. The number of urea groups is 1. The summed E-state index contributed by atoms with van der Waals surface area (Å²) in [5.41, 5.74) is 3.65. The molecule has 1 aliphatic rings. The van der Waals surface area contributed by atoms with Crippen LogP contribution < -0.4 is 10.6 Å². The third kappa shape index (κ3) is 3.90. The van der Waals surface area contributed by atoms with Crippen molar-refractivity contribution < 1.29 is 9.90 Å². The van der Waals surface area contributed by atoms with Crippen molar-refractivity contribution in [1.82, 2.24) is 15.6 Å². The fourth-order valence-corrected chi connectivity index (χ4v) is 3.61. The molecule has 0 radical (unpaired) electrons. The lowest BCUT2D eigenvalue weighted by Gasteiger charge is -2.27. The number of aromatic amines is 1.